The maximum Gasteiger partial charge on any atom is 0.319 e. The predicted molar refractivity (Wildman–Crippen MR) is 65.8 cm³/mol. The molecule has 104 valence electrons. The van der Waals surface area contributed by atoms with E-state index >= 15 is 4.39 Å². The topological polar surface area (TPSA) is 64.6 Å². The summed E-state index contributed by atoms with van der Waals surface area (Å²) in [6.07, 6.45) is 1.62. The van der Waals surface area contributed by atoms with Gasteiger partial charge >= 0.3 is 5.97 Å². The zero-order valence-corrected chi connectivity index (χ0v) is 11.3. The number of carbonyl (C=O) groups excluding carboxylic acids is 1. The predicted octanol–water partition coefficient (Wildman–Crippen LogP) is 0.646. The van der Waals surface area contributed by atoms with Crippen LogP contribution in [-0.4, -0.2) is 54.4 Å². The summed E-state index contributed by atoms with van der Waals surface area (Å²) in [6.45, 7) is 0.705. The van der Waals surface area contributed by atoms with Crippen molar-refractivity contribution in [1.82, 2.24) is 9.36 Å². The van der Waals surface area contributed by atoms with Gasteiger partial charge in [-0.05, 0) is 0 Å². The standard InChI is InChI=1S/C11H14FN3O3S/c1-17-8(16)10-4-15(9-13-7-14-19-9)5-11(10,12)2-3-18-6-10/h7H,2-6H2,1H3/t10-,11+/m1/s1. The molecule has 0 aliphatic carbocycles. The van der Waals surface area contributed by atoms with Gasteiger partial charge in [-0.15, -0.1) is 0 Å². The molecule has 8 heteroatoms. The summed E-state index contributed by atoms with van der Waals surface area (Å²) in [5, 5.41) is 0.620. The molecule has 0 saturated carbocycles. The first-order valence-electron chi connectivity index (χ1n) is 5.98. The highest BCUT2D eigenvalue weighted by atomic mass is 32.1. The van der Waals surface area contributed by atoms with Gasteiger partial charge in [0.1, 0.15) is 11.7 Å². The second-order valence-electron chi connectivity index (χ2n) is 4.92. The molecule has 0 radical (unpaired) electrons. The number of hydrogen-bond donors (Lipinski definition) is 0. The van der Waals surface area contributed by atoms with Gasteiger partial charge in [-0.2, -0.15) is 4.37 Å². The van der Waals surface area contributed by atoms with E-state index in [1.807, 2.05) is 0 Å². The summed E-state index contributed by atoms with van der Waals surface area (Å²) in [7, 11) is 1.28. The van der Waals surface area contributed by atoms with Crippen LogP contribution in [0.4, 0.5) is 9.52 Å². The van der Waals surface area contributed by atoms with Crippen LogP contribution < -0.4 is 4.90 Å². The Morgan fingerprint density at radius 2 is 2.47 bits per heavy atom. The highest BCUT2D eigenvalue weighted by Gasteiger charge is 2.66. The van der Waals surface area contributed by atoms with Gasteiger partial charge in [0, 0.05) is 31.1 Å². The first kappa shape index (κ1) is 12.7. The number of hydrogen-bond acceptors (Lipinski definition) is 7. The molecule has 0 spiro atoms. The Morgan fingerprint density at radius 1 is 1.63 bits per heavy atom. The number of nitrogens with zero attached hydrogens (tertiary/aromatic N) is 3. The maximum absolute atomic E-state index is 15.2. The van der Waals surface area contributed by atoms with E-state index < -0.39 is 17.1 Å². The lowest BCUT2D eigenvalue weighted by molar-refractivity contribution is -0.175. The monoisotopic (exact) mass is 287 g/mol. The van der Waals surface area contributed by atoms with Crippen LogP contribution in [0.25, 0.3) is 0 Å². The second kappa shape index (κ2) is 4.38. The molecule has 0 N–H and O–H groups in total. The first-order valence-corrected chi connectivity index (χ1v) is 6.75. The average Bonchev–Trinajstić information content (AvgIpc) is 3.02. The summed E-state index contributed by atoms with van der Waals surface area (Å²) in [4.78, 5) is 17.9. The minimum Gasteiger partial charge on any atom is -0.468 e. The Bertz CT molecular complexity index is 486. The number of rotatable bonds is 2. The van der Waals surface area contributed by atoms with Crippen molar-refractivity contribution in [1.29, 1.82) is 0 Å². The molecule has 2 aliphatic rings. The molecule has 0 aromatic carbocycles. The van der Waals surface area contributed by atoms with Crippen LogP contribution in [0.5, 0.6) is 0 Å². The second-order valence-corrected chi connectivity index (χ2v) is 5.68. The third-order valence-corrected chi connectivity index (χ3v) is 4.67. The van der Waals surface area contributed by atoms with Crippen LogP contribution >= 0.6 is 11.5 Å². The van der Waals surface area contributed by atoms with Gasteiger partial charge in [-0.25, -0.2) is 9.37 Å². The number of anilines is 1. The summed E-state index contributed by atoms with van der Waals surface area (Å²) in [5.74, 6) is -0.554. The van der Waals surface area contributed by atoms with E-state index in [1.54, 1.807) is 4.90 Å². The third-order valence-electron chi connectivity index (χ3n) is 3.95. The van der Waals surface area contributed by atoms with Crippen LogP contribution in [0.1, 0.15) is 6.42 Å². The molecule has 6 nitrogen and oxygen atoms in total. The molecule has 1 aromatic heterocycles. The van der Waals surface area contributed by atoms with E-state index in [0.717, 1.165) is 0 Å². The van der Waals surface area contributed by atoms with E-state index in [1.165, 1.54) is 25.0 Å². The molecule has 3 heterocycles. The molecule has 3 rings (SSSR count). The van der Waals surface area contributed by atoms with E-state index in [9.17, 15) is 4.79 Å². The molecule has 0 amide bonds. The van der Waals surface area contributed by atoms with E-state index in [4.69, 9.17) is 9.47 Å². The lowest BCUT2D eigenvalue weighted by Gasteiger charge is -2.39. The zero-order chi connectivity index (χ0) is 13.5. The number of alkyl halides is 1. The Kier molecular flexibility index (Phi) is 2.94. The molecule has 2 aliphatic heterocycles. The SMILES string of the molecule is COC(=O)[C@@]12COCC[C@]1(F)CN(c1ncns1)C2. The van der Waals surface area contributed by atoms with E-state index in [0.29, 0.717) is 11.7 Å². The Balaban J connectivity index is 1.97. The largest absolute Gasteiger partial charge is 0.468 e. The molecular weight excluding hydrogens is 273 g/mol. The van der Waals surface area contributed by atoms with Gasteiger partial charge in [-0.1, -0.05) is 0 Å². The van der Waals surface area contributed by atoms with E-state index in [-0.39, 0.29) is 26.1 Å². The van der Waals surface area contributed by atoms with Crippen molar-refractivity contribution in [3.63, 3.8) is 0 Å². The fourth-order valence-corrected chi connectivity index (χ4v) is 3.42. The Hall–Kier alpha value is -1.28. The summed E-state index contributed by atoms with van der Waals surface area (Å²) in [5.41, 5.74) is -2.89. The summed E-state index contributed by atoms with van der Waals surface area (Å²) < 4.78 is 29.3. The zero-order valence-electron chi connectivity index (χ0n) is 10.5. The van der Waals surface area contributed by atoms with Gasteiger partial charge in [0.05, 0.1) is 20.3 Å². The average molecular weight is 287 g/mol. The van der Waals surface area contributed by atoms with Crippen molar-refractivity contribution in [3.05, 3.63) is 6.33 Å². The summed E-state index contributed by atoms with van der Waals surface area (Å²) in [6, 6.07) is 0. The van der Waals surface area contributed by atoms with Gasteiger partial charge < -0.3 is 14.4 Å². The quantitative estimate of drug-likeness (QED) is 0.744. The maximum atomic E-state index is 15.2. The molecule has 19 heavy (non-hydrogen) atoms. The van der Waals surface area contributed by atoms with Crippen LogP contribution in [-0.2, 0) is 14.3 Å². The summed E-state index contributed by atoms with van der Waals surface area (Å²) >= 11 is 1.19. The molecule has 0 unspecified atom stereocenters. The number of esters is 1. The van der Waals surface area contributed by atoms with Crippen molar-refractivity contribution in [2.45, 2.75) is 12.1 Å². The van der Waals surface area contributed by atoms with Crippen molar-refractivity contribution < 1.29 is 18.7 Å². The van der Waals surface area contributed by atoms with Gasteiger partial charge in [-0.3, -0.25) is 4.79 Å². The Morgan fingerprint density at radius 3 is 3.16 bits per heavy atom. The highest BCUT2D eigenvalue weighted by molar-refractivity contribution is 7.09. The van der Waals surface area contributed by atoms with Crippen LogP contribution in [0.15, 0.2) is 6.33 Å². The number of ether oxygens (including phenoxy) is 2. The molecule has 0 bridgehead atoms. The molecule has 2 fully saturated rings. The van der Waals surface area contributed by atoms with Crippen molar-refractivity contribution >= 4 is 22.6 Å². The number of halogens is 1. The lowest BCUT2D eigenvalue weighted by Crippen LogP contribution is -2.56. The smallest absolute Gasteiger partial charge is 0.319 e. The number of carbonyl (C=O) groups is 1. The van der Waals surface area contributed by atoms with Crippen molar-refractivity contribution in [3.8, 4) is 0 Å². The van der Waals surface area contributed by atoms with Gasteiger partial charge in [0.25, 0.3) is 0 Å². The third kappa shape index (κ3) is 1.73. The van der Waals surface area contributed by atoms with E-state index in [2.05, 4.69) is 9.36 Å². The first-order chi connectivity index (χ1) is 9.11. The van der Waals surface area contributed by atoms with Crippen LogP contribution in [0, 0.1) is 5.41 Å². The fraction of sp³-hybridized carbons (Fsp3) is 0.727. The molecular formula is C11H14FN3O3S. The Labute approximate surface area is 113 Å². The molecule has 1 aromatic rings. The lowest BCUT2D eigenvalue weighted by atomic mass is 9.73. The van der Waals surface area contributed by atoms with Crippen LogP contribution in [0.3, 0.4) is 0 Å². The number of methoxy groups -OCH3 is 1. The fourth-order valence-electron chi connectivity index (χ4n) is 2.89. The molecule has 2 saturated heterocycles. The van der Waals surface area contributed by atoms with Gasteiger partial charge in [0.15, 0.2) is 5.67 Å². The minimum atomic E-state index is -1.63. The van der Waals surface area contributed by atoms with Crippen molar-refractivity contribution in [2.24, 2.45) is 5.41 Å². The van der Waals surface area contributed by atoms with Gasteiger partial charge in [0.2, 0.25) is 5.13 Å². The minimum absolute atomic E-state index is 0.0471. The number of fused-ring (bicyclic) bond motifs is 1. The number of aromatic nitrogens is 2. The molecule has 2 atom stereocenters. The van der Waals surface area contributed by atoms with Crippen LogP contribution in [0.2, 0.25) is 0 Å². The normalized spacial score (nSPS) is 34.1. The van der Waals surface area contributed by atoms with Crippen molar-refractivity contribution in [2.75, 3.05) is 38.3 Å². The highest BCUT2D eigenvalue weighted by Crippen LogP contribution is 2.49.